The average molecular weight is 449 g/mol. The first-order valence-electron chi connectivity index (χ1n) is 10.1. The van der Waals surface area contributed by atoms with E-state index < -0.39 is 0 Å². The molecule has 0 spiro atoms. The molecule has 3 aromatic carbocycles. The molecule has 164 valence electrons. The highest BCUT2D eigenvalue weighted by Crippen LogP contribution is 2.28. The second kappa shape index (κ2) is 9.74. The first-order valence-corrected chi connectivity index (χ1v) is 11.1. The van der Waals surface area contributed by atoms with Crippen LogP contribution in [0.1, 0.15) is 11.4 Å². The van der Waals surface area contributed by atoms with Crippen molar-refractivity contribution in [2.24, 2.45) is 7.05 Å². The van der Waals surface area contributed by atoms with E-state index >= 15 is 0 Å². The Morgan fingerprint density at radius 2 is 1.84 bits per heavy atom. The maximum atomic E-state index is 12.4. The van der Waals surface area contributed by atoms with Crippen molar-refractivity contribution in [1.82, 2.24) is 14.8 Å². The molecule has 8 heteroatoms. The van der Waals surface area contributed by atoms with Crippen molar-refractivity contribution in [3.05, 3.63) is 72.1 Å². The molecular weight excluding hydrogens is 424 g/mol. The number of nitrogens with one attached hydrogen (secondary N) is 1. The van der Waals surface area contributed by atoms with Crippen molar-refractivity contribution < 1.29 is 14.3 Å². The first-order chi connectivity index (χ1) is 15.5. The fourth-order valence-electron chi connectivity index (χ4n) is 3.23. The molecule has 0 aliphatic heterocycles. The molecule has 1 aromatic heterocycles. The number of fused-ring (bicyclic) bond motifs is 1. The van der Waals surface area contributed by atoms with E-state index in [1.807, 2.05) is 79.2 Å². The van der Waals surface area contributed by atoms with E-state index in [-0.39, 0.29) is 18.3 Å². The molecule has 1 heterocycles. The van der Waals surface area contributed by atoms with Gasteiger partial charge < -0.3 is 19.4 Å². The topological polar surface area (TPSA) is 78.3 Å². The van der Waals surface area contributed by atoms with Gasteiger partial charge in [0.25, 0.3) is 0 Å². The molecule has 32 heavy (non-hydrogen) atoms. The lowest BCUT2D eigenvalue weighted by molar-refractivity contribution is -0.113. The van der Waals surface area contributed by atoms with Crippen molar-refractivity contribution in [2.45, 2.75) is 18.7 Å². The smallest absolute Gasteiger partial charge is 0.234 e. The van der Waals surface area contributed by atoms with E-state index in [2.05, 4.69) is 15.5 Å². The number of benzene rings is 3. The lowest BCUT2D eigenvalue weighted by atomic mass is 10.1. The van der Waals surface area contributed by atoms with E-state index in [1.165, 1.54) is 11.8 Å². The Morgan fingerprint density at radius 1 is 1.03 bits per heavy atom. The predicted molar refractivity (Wildman–Crippen MR) is 126 cm³/mol. The number of thioether (sulfide) groups is 1. The third-order valence-electron chi connectivity index (χ3n) is 4.97. The largest absolute Gasteiger partial charge is 0.493 e. The second-order valence-corrected chi connectivity index (χ2v) is 8.24. The summed E-state index contributed by atoms with van der Waals surface area (Å²) in [7, 11) is 3.47. The van der Waals surface area contributed by atoms with Gasteiger partial charge in [0.15, 0.2) is 22.5 Å². The highest BCUT2D eigenvalue weighted by Gasteiger charge is 2.13. The van der Waals surface area contributed by atoms with E-state index in [9.17, 15) is 4.79 Å². The maximum absolute atomic E-state index is 12.4. The van der Waals surface area contributed by atoms with Gasteiger partial charge in [0, 0.05) is 12.7 Å². The Balaban J connectivity index is 1.33. The van der Waals surface area contributed by atoms with E-state index in [4.69, 9.17) is 9.47 Å². The Kier molecular flexibility index (Phi) is 6.61. The number of aryl methyl sites for hydroxylation is 1. The molecule has 4 rings (SSSR count). The number of anilines is 1. The molecule has 0 radical (unpaired) electrons. The van der Waals surface area contributed by atoms with Crippen LogP contribution >= 0.6 is 11.8 Å². The molecule has 1 N–H and O–H groups in total. The number of carbonyl (C=O) groups excluding carboxylic acids is 1. The minimum Gasteiger partial charge on any atom is -0.493 e. The Hall–Kier alpha value is -3.52. The molecule has 0 bridgehead atoms. The van der Waals surface area contributed by atoms with Crippen molar-refractivity contribution in [1.29, 1.82) is 0 Å². The molecule has 0 saturated heterocycles. The third kappa shape index (κ3) is 5.03. The summed E-state index contributed by atoms with van der Waals surface area (Å²) >= 11 is 1.33. The number of hydrogen-bond acceptors (Lipinski definition) is 6. The number of amides is 1. The third-order valence-corrected chi connectivity index (χ3v) is 5.99. The van der Waals surface area contributed by atoms with Gasteiger partial charge in [-0.15, -0.1) is 10.2 Å². The molecule has 4 aromatic rings. The molecule has 0 aliphatic carbocycles. The lowest BCUT2D eigenvalue weighted by Gasteiger charge is -2.11. The standard InChI is InChI=1S/C24H24N4O3S/c1-16-8-11-20(21(12-16)30-3)31-14-22-26-27-24(28(22)2)32-15-23(29)25-19-10-9-17-6-4-5-7-18(17)13-19/h4-13H,14-15H2,1-3H3,(H,25,29). The number of methoxy groups -OCH3 is 1. The van der Waals surface area contributed by atoms with Crippen LogP contribution in [0.15, 0.2) is 65.8 Å². The van der Waals surface area contributed by atoms with Gasteiger partial charge in [-0.25, -0.2) is 0 Å². The zero-order valence-corrected chi connectivity index (χ0v) is 19.0. The van der Waals surface area contributed by atoms with Crippen molar-refractivity contribution in [2.75, 3.05) is 18.2 Å². The maximum Gasteiger partial charge on any atom is 0.234 e. The monoisotopic (exact) mass is 448 g/mol. The summed E-state index contributed by atoms with van der Waals surface area (Å²) in [5.41, 5.74) is 1.86. The highest BCUT2D eigenvalue weighted by molar-refractivity contribution is 7.99. The van der Waals surface area contributed by atoms with Gasteiger partial charge in [0.2, 0.25) is 5.91 Å². The van der Waals surface area contributed by atoms with Crippen LogP contribution in [0, 0.1) is 6.92 Å². The van der Waals surface area contributed by atoms with Crippen LogP contribution in [0.2, 0.25) is 0 Å². The van der Waals surface area contributed by atoms with Crippen LogP contribution in [0.3, 0.4) is 0 Å². The molecule has 1 amide bonds. The molecule has 0 atom stereocenters. The Morgan fingerprint density at radius 3 is 2.66 bits per heavy atom. The predicted octanol–water partition coefficient (Wildman–Crippen LogP) is 4.60. The van der Waals surface area contributed by atoms with Gasteiger partial charge in [-0.3, -0.25) is 4.79 Å². The molecular formula is C24H24N4O3S. The van der Waals surface area contributed by atoms with E-state index in [0.717, 1.165) is 22.0 Å². The summed E-state index contributed by atoms with van der Waals surface area (Å²) in [5.74, 6) is 2.10. The quantitative estimate of drug-likeness (QED) is 0.397. The van der Waals surface area contributed by atoms with Crippen molar-refractivity contribution in [3.8, 4) is 11.5 Å². The Bertz CT molecular complexity index is 1260. The average Bonchev–Trinajstić information content (AvgIpc) is 3.16. The van der Waals surface area contributed by atoms with Crippen LogP contribution in [0.4, 0.5) is 5.69 Å². The minimum absolute atomic E-state index is 0.101. The zero-order valence-electron chi connectivity index (χ0n) is 18.2. The van der Waals surface area contributed by atoms with Gasteiger partial charge in [-0.05, 0) is 47.5 Å². The number of carbonyl (C=O) groups is 1. The summed E-state index contributed by atoms with van der Waals surface area (Å²) in [6.45, 7) is 2.24. The fourth-order valence-corrected chi connectivity index (χ4v) is 3.96. The Labute approximate surface area is 190 Å². The summed E-state index contributed by atoms with van der Waals surface area (Å²) in [6, 6.07) is 19.7. The van der Waals surface area contributed by atoms with Crippen molar-refractivity contribution in [3.63, 3.8) is 0 Å². The highest BCUT2D eigenvalue weighted by atomic mass is 32.2. The van der Waals surface area contributed by atoms with E-state index in [0.29, 0.717) is 22.5 Å². The van der Waals surface area contributed by atoms with Gasteiger partial charge in [-0.1, -0.05) is 48.2 Å². The zero-order chi connectivity index (χ0) is 22.5. The molecule has 0 unspecified atom stereocenters. The number of ether oxygens (including phenoxy) is 2. The fraction of sp³-hybridized carbons (Fsp3) is 0.208. The van der Waals surface area contributed by atoms with Crippen LogP contribution in [-0.2, 0) is 18.4 Å². The number of hydrogen-bond donors (Lipinski definition) is 1. The number of nitrogens with zero attached hydrogens (tertiary/aromatic N) is 3. The van der Waals surface area contributed by atoms with Crippen LogP contribution in [0.5, 0.6) is 11.5 Å². The first kappa shape index (κ1) is 21.7. The van der Waals surface area contributed by atoms with Crippen LogP contribution in [0.25, 0.3) is 10.8 Å². The lowest BCUT2D eigenvalue weighted by Crippen LogP contribution is -2.14. The second-order valence-electron chi connectivity index (χ2n) is 7.30. The molecule has 7 nitrogen and oxygen atoms in total. The summed E-state index contributed by atoms with van der Waals surface area (Å²) < 4.78 is 13.1. The van der Waals surface area contributed by atoms with Gasteiger partial charge >= 0.3 is 0 Å². The van der Waals surface area contributed by atoms with E-state index in [1.54, 1.807) is 7.11 Å². The minimum atomic E-state index is -0.101. The van der Waals surface area contributed by atoms with Gasteiger partial charge in [0.1, 0.15) is 6.61 Å². The summed E-state index contributed by atoms with van der Waals surface area (Å²) in [6.07, 6.45) is 0. The SMILES string of the molecule is COc1cc(C)ccc1OCc1nnc(SCC(=O)Nc2ccc3ccccc3c2)n1C. The van der Waals surface area contributed by atoms with Crippen LogP contribution in [-0.4, -0.2) is 33.5 Å². The molecule has 0 saturated carbocycles. The van der Waals surface area contributed by atoms with Crippen molar-refractivity contribution >= 4 is 34.1 Å². The number of rotatable bonds is 8. The van der Waals surface area contributed by atoms with Gasteiger partial charge in [0.05, 0.1) is 12.9 Å². The summed E-state index contributed by atoms with van der Waals surface area (Å²) in [4.78, 5) is 12.4. The number of aromatic nitrogens is 3. The van der Waals surface area contributed by atoms with Gasteiger partial charge in [-0.2, -0.15) is 0 Å². The van der Waals surface area contributed by atoms with Crippen LogP contribution < -0.4 is 14.8 Å². The summed E-state index contributed by atoms with van der Waals surface area (Å²) in [5, 5.41) is 14.2. The molecule has 0 aliphatic rings. The molecule has 0 fully saturated rings. The normalized spacial score (nSPS) is 10.8.